The van der Waals surface area contributed by atoms with E-state index in [0.29, 0.717) is 5.82 Å². The first-order valence-corrected chi connectivity index (χ1v) is 4.34. The number of aromatic nitrogens is 1. The van der Waals surface area contributed by atoms with Gasteiger partial charge in [0, 0.05) is 0 Å². The summed E-state index contributed by atoms with van der Waals surface area (Å²) in [6.07, 6.45) is 2.69. The molecule has 68 valence electrons. The molecule has 2 heteroatoms. The molecule has 1 aromatic rings. The van der Waals surface area contributed by atoms with Crippen molar-refractivity contribution in [1.29, 1.82) is 0 Å². The largest absolute Gasteiger partial charge is 0.361 e. The summed E-state index contributed by atoms with van der Waals surface area (Å²) in [6.45, 7) is 13.4. The third-order valence-electron chi connectivity index (χ3n) is 1.66. The van der Waals surface area contributed by atoms with Crippen LogP contribution >= 0.6 is 0 Å². The maximum Gasteiger partial charge on any atom is 0.269 e. The summed E-state index contributed by atoms with van der Waals surface area (Å²) >= 11 is 0. The summed E-state index contributed by atoms with van der Waals surface area (Å²) < 4.78 is 0. The molecule has 2 nitrogen and oxygen atoms in total. The van der Waals surface area contributed by atoms with Gasteiger partial charge in [0.2, 0.25) is 0 Å². The van der Waals surface area contributed by atoms with Gasteiger partial charge in [-0.25, -0.2) is 0 Å². The normalized spacial score (nSPS) is 10.9. The molecule has 13 heavy (non-hydrogen) atoms. The molecule has 0 aromatic carbocycles. The van der Waals surface area contributed by atoms with Gasteiger partial charge < -0.3 is 4.85 Å². The van der Waals surface area contributed by atoms with Gasteiger partial charge in [0.15, 0.2) is 0 Å². The lowest BCUT2D eigenvalue weighted by Crippen LogP contribution is -2.08. The highest BCUT2D eigenvalue weighted by atomic mass is 14.8. The van der Waals surface area contributed by atoms with Crippen molar-refractivity contribution in [2.75, 3.05) is 0 Å². The van der Waals surface area contributed by atoms with Crippen molar-refractivity contribution in [3.63, 3.8) is 0 Å². The molecule has 1 heterocycles. The van der Waals surface area contributed by atoms with E-state index >= 15 is 0 Å². The summed E-state index contributed by atoms with van der Waals surface area (Å²) in [7, 11) is 0. The van der Waals surface area contributed by atoms with Crippen LogP contribution < -0.4 is 0 Å². The predicted octanol–water partition coefficient (Wildman–Crippen LogP) is 3.22. The highest BCUT2D eigenvalue weighted by molar-refractivity contribution is 5.38. The Kier molecular flexibility index (Phi) is 2.67. The van der Waals surface area contributed by atoms with E-state index in [1.54, 1.807) is 6.20 Å². The average molecular weight is 174 g/mol. The molecular formula is C11H14N2. The van der Waals surface area contributed by atoms with Crippen LogP contribution in [0, 0.1) is 12.0 Å². The van der Waals surface area contributed by atoms with Gasteiger partial charge in [-0.1, -0.05) is 32.9 Å². The average Bonchev–Trinajstić information content (AvgIpc) is 2.01. The Balaban J connectivity index is 2.86. The maximum absolute atomic E-state index is 6.83. The second kappa shape index (κ2) is 3.57. The molecule has 0 aliphatic carbocycles. The van der Waals surface area contributed by atoms with Crippen LogP contribution in [0.1, 0.15) is 26.3 Å². The zero-order chi connectivity index (χ0) is 9.90. The molecule has 1 aromatic heterocycles. The van der Waals surface area contributed by atoms with Crippen LogP contribution in [0.15, 0.2) is 18.3 Å². The summed E-state index contributed by atoms with van der Waals surface area (Å²) in [4.78, 5) is 7.23. The topological polar surface area (TPSA) is 17.2 Å². The lowest BCUT2D eigenvalue weighted by molar-refractivity contribution is 0.411. The van der Waals surface area contributed by atoms with E-state index in [-0.39, 0.29) is 5.41 Å². The molecule has 0 aliphatic heterocycles. The zero-order valence-corrected chi connectivity index (χ0v) is 8.33. The number of hydrogen-bond acceptors (Lipinski definition) is 1. The maximum atomic E-state index is 6.83. The fourth-order valence-electron chi connectivity index (χ4n) is 1.24. The molecule has 0 bridgehead atoms. The molecule has 0 atom stereocenters. The van der Waals surface area contributed by atoms with Crippen LogP contribution in [0.5, 0.6) is 0 Å². The van der Waals surface area contributed by atoms with Crippen molar-refractivity contribution in [2.24, 2.45) is 5.41 Å². The van der Waals surface area contributed by atoms with Crippen molar-refractivity contribution in [2.45, 2.75) is 27.2 Å². The summed E-state index contributed by atoms with van der Waals surface area (Å²) in [5.74, 6) is 0.488. The molecule has 0 spiro atoms. The third-order valence-corrected chi connectivity index (χ3v) is 1.66. The van der Waals surface area contributed by atoms with Crippen molar-refractivity contribution in [1.82, 2.24) is 4.98 Å². The second-order valence-corrected chi connectivity index (χ2v) is 4.37. The lowest BCUT2D eigenvalue weighted by atomic mass is 9.88. The number of rotatable bonds is 1. The van der Waals surface area contributed by atoms with Crippen molar-refractivity contribution in [3.05, 3.63) is 35.3 Å². The van der Waals surface area contributed by atoms with Gasteiger partial charge in [0.05, 0.1) is 0 Å². The molecule has 0 unspecified atom stereocenters. The van der Waals surface area contributed by atoms with Crippen LogP contribution in [0.4, 0.5) is 5.82 Å². The first-order valence-electron chi connectivity index (χ1n) is 4.34. The minimum atomic E-state index is 0.265. The molecule has 1 rings (SSSR count). The first kappa shape index (κ1) is 9.73. The Labute approximate surface area is 79.4 Å². The van der Waals surface area contributed by atoms with E-state index < -0.39 is 0 Å². The zero-order valence-electron chi connectivity index (χ0n) is 8.33. The van der Waals surface area contributed by atoms with Gasteiger partial charge in [-0.2, -0.15) is 0 Å². The minimum absolute atomic E-state index is 0.265. The van der Waals surface area contributed by atoms with E-state index in [4.69, 9.17) is 6.57 Å². The Hall–Kier alpha value is -1.36. The van der Waals surface area contributed by atoms with Crippen molar-refractivity contribution < 1.29 is 0 Å². The Morgan fingerprint density at radius 2 is 2.15 bits per heavy atom. The third kappa shape index (κ3) is 3.25. The minimum Gasteiger partial charge on any atom is -0.361 e. The SMILES string of the molecule is [C-]#[N+]c1cc(CC(C)(C)C)ccn1. The molecule has 0 aliphatic rings. The van der Waals surface area contributed by atoms with Gasteiger partial charge in [-0.3, -0.25) is 0 Å². The summed E-state index contributed by atoms with van der Waals surface area (Å²) in [6, 6.07) is 3.83. The van der Waals surface area contributed by atoms with Gasteiger partial charge in [0.25, 0.3) is 5.82 Å². The molecular weight excluding hydrogens is 160 g/mol. The standard InChI is InChI=1S/C11H14N2/c1-11(2,3)8-9-5-6-13-10(7-9)12-4/h5-7H,8H2,1-3H3. The number of pyridine rings is 1. The van der Waals surface area contributed by atoms with Crippen LogP contribution in [0.25, 0.3) is 4.85 Å². The van der Waals surface area contributed by atoms with Crippen molar-refractivity contribution in [3.8, 4) is 0 Å². The first-order chi connectivity index (χ1) is 6.01. The highest BCUT2D eigenvalue weighted by Crippen LogP contribution is 2.21. The molecule has 0 amide bonds. The lowest BCUT2D eigenvalue weighted by Gasteiger charge is -2.17. The smallest absolute Gasteiger partial charge is 0.269 e. The molecule has 0 N–H and O–H groups in total. The molecule has 0 saturated carbocycles. The van der Waals surface area contributed by atoms with E-state index in [2.05, 4.69) is 30.6 Å². The van der Waals surface area contributed by atoms with Crippen LogP contribution in [-0.4, -0.2) is 4.98 Å². The van der Waals surface area contributed by atoms with Crippen molar-refractivity contribution >= 4 is 5.82 Å². The van der Waals surface area contributed by atoms with Crippen LogP contribution in [0.3, 0.4) is 0 Å². The van der Waals surface area contributed by atoms with E-state index in [0.717, 1.165) is 6.42 Å². The molecule has 0 saturated heterocycles. The number of nitrogens with zero attached hydrogens (tertiary/aromatic N) is 2. The Morgan fingerprint density at radius 3 is 2.69 bits per heavy atom. The summed E-state index contributed by atoms with van der Waals surface area (Å²) in [5.41, 5.74) is 1.45. The Morgan fingerprint density at radius 1 is 1.46 bits per heavy atom. The van der Waals surface area contributed by atoms with E-state index in [1.165, 1.54) is 5.56 Å². The quantitative estimate of drug-likeness (QED) is 0.597. The van der Waals surface area contributed by atoms with E-state index in [9.17, 15) is 0 Å². The van der Waals surface area contributed by atoms with Crippen LogP contribution in [0.2, 0.25) is 0 Å². The predicted molar refractivity (Wildman–Crippen MR) is 53.7 cm³/mol. The summed E-state index contributed by atoms with van der Waals surface area (Å²) in [5, 5.41) is 0. The van der Waals surface area contributed by atoms with Gasteiger partial charge in [-0.05, 0) is 24.0 Å². The fraction of sp³-hybridized carbons (Fsp3) is 0.455. The number of hydrogen-bond donors (Lipinski definition) is 0. The molecule has 0 fully saturated rings. The highest BCUT2D eigenvalue weighted by Gasteiger charge is 2.11. The Bertz CT molecular complexity index is 329. The molecule has 0 radical (unpaired) electrons. The monoisotopic (exact) mass is 174 g/mol. The van der Waals surface area contributed by atoms with Crippen LogP contribution in [-0.2, 0) is 6.42 Å². The second-order valence-electron chi connectivity index (χ2n) is 4.37. The van der Waals surface area contributed by atoms with Gasteiger partial charge >= 0.3 is 0 Å². The van der Waals surface area contributed by atoms with Gasteiger partial charge in [0.1, 0.15) is 6.20 Å². The van der Waals surface area contributed by atoms with E-state index in [1.807, 2.05) is 12.1 Å². The fourth-order valence-corrected chi connectivity index (χ4v) is 1.24. The van der Waals surface area contributed by atoms with Gasteiger partial charge in [-0.15, -0.1) is 4.98 Å².